The van der Waals surface area contributed by atoms with Gasteiger partial charge in [0.25, 0.3) is 0 Å². The second-order valence-electron chi connectivity index (χ2n) is 21.5. The van der Waals surface area contributed by atoms with Crippen molar-refractivity contribution in [1.29, 1.82) is 0 Å². The van der Waals surface area contributed by atoms with Gasteiger partial charge in [0.15, 0.2) is 5.79 Å². The van der Waals surface area contributed by atoms with Crippen molar-refractivity contribution >= 4 is 29.8 Å². The minimum Gasteiger partial charge on any atom is -0.460 e. The first-order chi connectivity index (χ1) is 30.4. The Bertz CT molecular complexity index is 2180. The molecule has 2 aromatic carbocycles. The van der Waals surface area contributed by atoms with Crippen LogP contribution in [-0.4, -0.2) is 100 Å². The van der Waals surface area contributed by atoms with Crippen molar-refractivity contribution in [3.05, 3.63) is 88.0 Å². The summed E-state index contributed by atoms with van der Waals surface area (Å²) >= 11 is 0. The van der Waals surface area contributed by atoms with Crippen LogP contribution in [0, 0.1) is 17.3 Å². The van der Waals surface area contributed by atoms with Crippen LogP contribution in [0.25, 0.3) is 6.08 Å². The molecular formula is C52H66N2O10. The van der Waals surface area contributed by atoms with E-state index in [-0.39, 0.29) is 37.4 Å². The highest BCUT2D eigenvalue weighted by atomic mass is 16.8. The van der Waals surface area contributed by atoms with Gasteiger partial charge in [-0.05, 0) is 131 Å². The zero-order chi connectivity index (χ0) is 45.2. The summed E-state index contributed by atoms with van der Waals surface area (Å²) in [4.78, 5) is 56.2. The van der Waals surface area contributed by atoms with E-state index in [1.54, 1.807) is 31.7 Å². The third-order valence-corrected chi connectivity index (χ3v) is 15.1. The first-order valence-corrected chi connectivity index (χ1v) is 23.7. The molecule has 2 saturated carbocycles. The summed E-state index contributed by atoms with van der Waals surface area (Å²) < 4.78 is 31.4. The van der Waals surface area contributed by atoms with Gasteiger partial charge in [0.05, 0.1) is 29.9 Å². The third-order valence-electron chi connectivity index (χ3n) is 15.1. The lowest BCUT2D eigenvalue weighted by Gasteiger charge is -2.53. The molecule has 12 heteroatoms. The van der Waals surface area contributed by atoms with Gasteiger partial charge in [0.2, 0.25) is 11.8 Å². The highest BCUT2D eigenvalue weighted by Crippen LogP contribution is 2.60. The van der Waals surface area contributed by atoms with E-state index in [0.717, 1.165) is 36.0 Å². The van der Waals surface area contributed by atoms with Crippen LogP contribution in [0.5, 0.6) is 0 Å². The molecule has 5 fully saturated rings. The van der Waals surface area contributed by atoms with E-state index in [0.29, 0.717) is 66.7 Å². The number of aliphatic hydroxyl groups excluding tert-OH is 1. The summed E-state index contributed by atoms with van der Waals surface area (Å²) in [5, 5.41) is 12.9. The van der Waals surface area contributed by atoms with Gasteiger partial charge < -0.3 is 39.0 Å². The number of allylic oxidation sites excluding steroid dienone is 1. The molecule has 4 aliphatic carbocycles. The average molecular weight is 879 g/mol. The van der Waals surface area contributed by atoms with E-state index in [2.05, 4.69) is 44.3 Å². The molecule has 2 amide bonds. The van der Waals surface area contributed by atoms with Crippen molar-refractivity contribution in [2.24, 2.45) is 17.3 Å². The molecule has 12 nitrogen and oxygen atoms in total. The topological polar surface area (TPSA) is 153 Å². The Kier molecular flexibility index (Phi) is 12.0. The third kappa shape index (κ3) is 9.22. The van der Waals surface area contributed by atoms with Crippen molar-refractivity contribution in [2.45, 2.75) is 172 Å². The van der Waals surface area contributed by atoms with Gasteiger partial charge in [-0.25, -0.2) is 4.79 Å². The molecular weight excluding hydrogens is 813 g/mol. The second kappa shape index (κ2) is 17.1. The molecule has 1 unspecified atom stereocenters. The predicted molar refractivity (Wildman–Crippen MR) is 239 cm³/mol. The number of carbonyl (C=O) groups excluding carboxylic acids is 4. The standard InChI is InChI=1S/C52H66N2O10/c1-49(2,3)63-44(56)20-18-37(30-55)53-46(57)40-12-9-23-54(40)47(58)36-25-41(45-42(26-36)61-52(64-45)27-34-10-7-8-11-35(34)28-52)60-48(59)32-15-13-31(14-16-32)24-33-17-19-43-51(6,62-43)22-21-39-38(33)29-50(39,4)5/h7-8,10-11,13-16,24,26,37-43,45,55H,9,12,17-23,25,27-30H2,1-6H3,(H,53,57)/t37-,38+,39+,40+,41+,42+,43?,45-,51+/m0/s1. The zero-order valence-corrected chi connectivity index (χ0v) is 38.4. The lowest BCUT2D eigenvalue weighted by Crippen LogP contribution is -2.51. The van der Waals surface area contributed by atoms with E-state index < -0.39 is 59.6 Å². The summed E-state index contributed by atoms with van der Waals surface area (Å²) in [6, 6.07) is 14.3. The molecule has 0 radical (unpaired) electrons. The normalized spacial score (nSPS) is 32.0. The summed E-state index contributed by atoms with van der Waals surface area (Å²) in [5.41, 5.74) is 5.29. The minimum atomic E-state index is -0.961. The zero-order valence-electron chi connectivity index (χ0n) is 38.4. The Morgan fingerprint density at radius 3 is 2.39 bits per heavy atom. The van der Waals surface area contributed by atoms with Gasteiger partial charge in [-0.1, -0.05) is 61.9 Å². The Morgan fingerprint density at radius 1 is 0.969 bits per heavy atom. The number of carbonyl (C=O) groups is 4. The number of likely N-dealkylation sites (tertiary alicyclic amines) is 1. The number of rotatable bonds is 10. The molecule has 0 bridgehead atoms. The number of nitrogens with one attached hydrogen (secondary N) is 1. The van der Waals surface area contributed by atoms with Crippen LogP contribution < -0.4 is 5.32 Å². The molecule has 1 spiro atoms. The number of benzene rings is 2. The van der Waals surface area contributed by atoms with Crippen molar-refractivity contribution in [1.82, 2.24) is 10.2 Å². The molecule has 2 aromatic rings. The van der Waals surface area contributed by atoms with Crippen molar-refractivity contribution in [3.8, 4) is 0 Å². The molecule has 64 heavy (non-hydrogen) atoms. The number of epoxide rings is 1. The van der Waals surface area contributed by atoms with Crippen LogP contribution in [0.15, 0.2) is 65.8 Å². The second-order valence-corrected chi connectivity index (χ2v) is 21.5. The van der Waals surface area contributed by atoms with Crippen LogP contribution in [0.4, 0.5) is 0 Å². The lowest BCUT2D eigenvalue weighted by molar-refractivity contribution is -0.172. The fraction of sp³-hybridized carbons (Fsp3) is 0.615. The van der Waals surface area contributed by atoms with E-state index in [4.69, 9.17) is 23.7 Å². The molecule has 9 atom stereocenters. The lowest BCUT2D eigenvalue weighted by atomic mass is 9.52. The summed E-state index contributed by atoms with van der Waals surface area (Å²) in [6.45, 7) is 12.4. The maximum Gasteiger partial charge on any atom is 0.338 e. The predicted octanol–water partition coefficient (Wildman–Crippen LogP) is 7.19. The fourth-order valence-electron chi connectivity index (χ4n) is 11.7. The number of ether oxygens (including phenoxy) is 5. The van der Waals surface area contributed by atoms with Crippen LogP contribution in [0.3, 0.4) is 0 Å². The number of aliphatic hydroxyl groups is 1. The Morgan fingerprint density at radius 2 is 1.70 bits per heavy atom. The molecule has 7 aliphatic rings. The van der Waals surface area contributed by atoms with Gasteiger partial charge in [0.1, 0.15) is 30.0 Å². The summed E-state index contributed by atoms with van der Waals surface area (Å²) in [5.74, 6) is -1.42. The highest BCUT2D eigenvalue weighted by molar-refractivity contribution is 5.98. The molecule has 3 saturated heterocycles. The molecule has 0 aromatic heterocycles. The Labute approximate surface area is 377 Å². The molecule has 9 rings (SSSR count). The van der Waals surface area contributed by atoms with Gasteiger partial charge in [-0.2, -0.15) is 0 Å². The highest BCUT2D eigenvalue weighted by Gasteiger charge is 2.57. The van der Waals surface area contributed by atoms with Gasteiger partial charge in [0, 0.05) is 37.8 Å². The fourth-order valence-corrected chi connectivity index (χ4v) is 11.7. The number of hydrogen-bond acceptors (Lipinski definition) is 10. The van der Waals surface area contributed by atoms with Gasteiger partial charge >= 0.3 is 11.9 Å². The smallest absolute Gasteiger partial charge is 0.338 e. The number of nitrogens with zero attached hydrogens (tertiary/aromatic N) is 1. The van der Waals surface area contributed by atoms with Gasteiger partial charge in [-0.15, -0.1) is 0 Å². The van der Waals surface area contributed by atoms with Gasteiger partial charge in [-0.3, -0.25) is 14.4 Å². The van der Waals surface area contributed by atoms with E-state index >= 15 is 0 Å². The number of fused-ring (bicyclic) bond motifs is 4. The molecule has 3 aliphatic heterocycles. The average Bonchev–Trinajstić information content (AvgIpc) is 3.62. The van der Waals surface area contributed by atoms with Crippen LogP contribution >= 0.6 is 0 Å². The van der Waals surface area contributed by atoms with Crippen LogP contribution in [0.2, 0.25) is 0 Å². The van der Waals surface area contributed by atoms with Crippen molar-refractivity contribution in [2.75, 3.05) is 13.2 Å². The maximum absolute atomic E-state index is 14.5. The minimum absolute atomic E-state index is 0.0258. The largest absolute Gasteiger partial charge is 0.460 e. The molecule has 2 N–H and O–H groups in total. The molecule has 344 valence electrons. The number of hydrogen-bond donors (Lipinski definition) is 2. The van der Waals surface area contributed by atoms with E-state index in [9.17, 15) is 24.3 Å². The van der Waals surface area contributed by atoms with Crippen molar-refractivity contribution < 1.29 is 48.0 Å². The number of amides is 2. The first-order valence-electron chi connectivity index (χ1n) is 23.7. The Hall–Kier alpha value is -4.36. The Balaban J connectivity index is 0.900. The summed E-state index contributed by atoms with van der Waals surface area (Å²) in [7, 11) is 0. The van der Waals surface area contributed by atoms with Crippen LogP contribution in [-0.2, 0) is 50.9 Å². The van der Waals surface area contributed by atoms with Crippen LogP contribution in [0.1, 0.15) is 133 Å². The van der Waals surface area contributed by atoms with E-state index in [1.165, 1.54) is 18.4 Å². The quantitative estimate of drug-likeness (QED) is 0.185. The molecule has 3 heterocycles. The number of esters is 2. The summed E-state index contributed by atoms with van der Waals surface area (Å²) in [6.07, 6.45) is 10.3. The monoisotopic (exact) mass is 878 g/mol. The van der Waals surface area contributed by atoms with E-state index in [1.807, 2.05) is 36.4 Å². The van der Waals surface area contributed by atoms with Crippen molar-refractivity contribution in [3.63, 3.8) is 0 Å². The maximum atomic E-state index is 14.5. The first kappa shape index (κ1) is 44.8. The SMILES string of the molecule is CC(C)(C)OC(=O)CC[C@@H](CO)NC(=O)[C@H]1CCCN1C(=O)C1=C[C@H]2OC3(Cc4ccccc4C3)O[C@H]2[C@H](OC(=O)c2ccc(C=C3CCC4O[C@]4(C)CC[C@@H]4[C@@H]3CC4(C)C)cc2)C1.